The van der Waals surface area contributed by atoms with Gasteiger partial charge >= 0.3 is 0 Å². The van der Waals surface area contributed by atoms with Gasteiger partial charge in [-0.3, -0.25) is 4.98 Å². The molecule has 5 heteroatoms. The van der Waals surface area contributed by atoms with E-state index in [1.54, 1.807) is 19.2 Å². The Hall–Kier alpha value is -1.17. The monoisotopic (exact) mass is 197 g/mol. The summed E-state index contributed by atoms with van der Waals surface area (Å²) in [7, 11) is 1.70. The summed E-state index contributed by atoms with van der Waals surface area (Å²) in [4.78, 5) is 3.92. The standard InChI is InChI=1S/C9H15N3O2/c1-11-5-8(13)9(14)7-3-2-6(10)4-12-7/h2-4,8-9,11,13-14H,5,10H2,1H3. The number of pyridine rings is 1. The van der Waals surface area contributed by atoms with Crippen LogP contribution in [-0.2, 0) is 0 Å². The van der Waals surface area contributed by atoms with Crippen LogP contribution < -0.4 is 11.1 Å². The smallest absolute Gasteiger partial charge is 0.123 e. The second-order valence-electron chi connectivity index (χ2n) is 3.09. The Balaban J connectivity index is 2.68. The number of aromatic nitrogens is 1. The molecule has 0 aliphatic rings. The van der Waals surface area contributed by atoms with Gasteiger partial charge in [-0.25, -0.2) is 0 Å². The highest BCUT2D eigenvalue weighted by atomic mass is 16.3. The minimum atomic E-state index is -0.983. The van der Waals surface area contributed by atoms with Crippen LogP contribution in [0.1, 0.15) is 11.8 Å². The van der Waals surface area contributed by atoms with Gasteiger partial charge in [-0.2, -0.15) is 0 Å². The van der Waals surface area contributed by atoms with Gasteiger partial charge in [0.15, 0.2) is 0 Å². The second-order valence-corrected chi connectivity index (χ2v) is 3.09. The minimum Gasteiger partial charge on any atom is -0.397 e. The Morgan fingerprint density at radius 2 is 2.21 bits per heavy atom. The Morgan fingerprint density at radius 3 is 2.71 bits per heavy atom. The van der Waals surface area contributed by atoms with Crippen molar-refractivity contribution in [2.24, 2.45) is 0 Å². The molecule has 1 aromatic heterocycles. The van der Waals surface area contributed by atoms with Crippen LogP contribution in [0.3, 0.4) is 0 Å². The Bertz CT molecular complexity index is 276. The van der Waals surface area contributed by atoms with Crippen molar-refractivity contribution < 1.29 is 10.2 Å². The van der Waals surface area contributed by atoms with Gasteiger partial charge in [0.2, 0.25) is 0 Å². The van der Waals surface area contributed by atoms with Crippen LogP contribution in [0.2, 0.25) is 0 Å². The number of nitrogens with two attached hydrogens (primary N) is 1. The zero-order valence-electron chi connectivity index (χ0n) is 8.01. The van der Waals surface area contributed by atoms with Crippen molar-refractivity contribution in [2.75, 3.05) is 19.3 Å². The van der Waals surface area contributed by atoms with Crippen LogP contribution in [0.5, 0.6) is 0 Å². The van der Waals surface area contributed by atoms with Crippen LogP contribution in [0.4, 0.5) is 5.69 Å². The normalized spacial score (nSPS) is 15.1. The molecule has 0 saturated carbocycles. The molecule has 0 aliphatic carbocycles. The number of nitrogen functional groups attached to an aromatic ring is 1. The predicted octanol–water partition coefficient (Wildman–Crippen LogP) is -0.723. The first-order valence-electron chi connectivity index (χ1n) is 4.37. The van der Waals surface area contributed by atoms with Crippen molar-refractivity contribution in [3.8, 4) is 0 Å². The fourth-order valence-electron chi connectivity index (χ4n) is 1.11. The van der Waals surface area contributed by atoms with E-state index in [0.29, 0.717) is 17.9 Å². The lowest BCUT2D eigenvalue weighted by Crippen LogP contribution is -2.30. The van der Waals surface area contributed by atoms with E-state index in [9.17, 15) is 10.2 Å². The number of aliphatic hydroxyl groups excluding tert-OH is 2. The number of likely N-dealkylation sites (N-methyl/N-ethyl adjacent to an activating group) is 1. The molecule has 1 rings (SSSR count). The average molecular weight is 197 g/mol. The first-order chi connectivity index (χ1) is 6.65. The molecule has 78 valence electrons. The summed E-state index contributed by atoms with van der Waals surface area (Å²) < 4.78 is 0. The molecule has 1 heterocycles. The lowest BCUT2D eigenvalue weighted by Gasteiger charge is -2.16. The molecule has 5 nitrogen and oxygen atoms in total. The molecule has 0 radical (unpaired) electrons. The summed E-state index contributed by atoms with van der Waals surface area (Å²) in [6.45, 7) is 0.313. The van der Waals surface area contributed by atoms with Crippen molar-refractivity contribution >= 4 is 5.69 Å². The maximum absolute atomic E-state index is 9.62. The predicted molar refractivity (Wildman–Crippen MR) is 53.5 cm³/mol. The Labute approximate surface area is 82.6 Å². The van der Waals surface area contributed by atoms with E-state index in [1.807, 2.05) is 0 Å². The number of nitrogens with zero attached hydrogens (tertiary/aromatic N) is 1. The van der Waals surface area contributed by atoms with Crippen molar-refractivity contribution in [2.45, 2.75) is 12.2 Å². The van der Waals surface area contributed by atoms with E-state index in [2.05, 4.69) is 10.3 Å². The molecule has 5 N–H and O–H groups in total. The fourth-order valence-corrected chi connectivity index (χ4v) is 1.11. The van der Waals surface area contributed by atoms with E-state index in [1.165, 1.54) is 6.20 Å². The molecule has 0 fully saturated rings. The molecule has 0 aliphatic heterocycles. The van der Waals surface area contributed by atoms with Gasteiger partial charge in [0, 0.05) is 6.54 Å². The molecule has 1 aromatic rings. The topological polar surface area (TPSA) is 91.4 Å². The van der Waals surface area contributed by atoms with Gasteiger partial charge in [0.05, 0.1) is 23.7 Å². The molecule has 0 amide bonds. The van der Waals surface area contributed by atoms with Gasteiger partial charge in [-0.05, 0) is 19.2 Å². The summed E-state index contributed by atoms with van der Waals surface area (Å²) in [5.74, 6) is 0. The summed E-state index contributed by atoms with van der Waals surface area (Å²) in [5.41, 5.74) is 6.39. The summed E-state index contributed by atoms with van der Waals surface area (Å²) >= 11 is 0. The van der Waals surface area contributed by atoms with E-state index in [-0.39, 0.29) is 0 Å². The summed E-state index contributed by atoms with van der Waals surface area (Å²) in [6.07, 6.45) is -0.399. The summed E-state index contributed by atoms with van der Waals surface area (Å²) in [6, 6.07) is 3.23. The molecule has 0 aromatic carbocycles. The molecule has 0 spiro atoms. The molecular weight excluding hydrogens is 182 g/mol. The number of anilines is 1. The van der Waals surface area contributed by atoms with Gasteiger partial charge in [0.25, 0.3) is 0 Å². The number of rotatable bonds is 4. The molecule has 14 heavy (non-hydrogen) atoms. The maximum Gasteiger partial charge on any atom is 0.123 e. The van der Waals surface area contributed by atoms with Crippen molar-refractivity contribution in [1.82, 2.24) is 10.3 Å². The van der Waals surface area contributed by atoms with Crippen LogP contribution in [0.25, 0.3) is 0 Å². The highest BCUT2D eigenvalue weighted by Crippen LogP contribution is 2.14. The first-order valence-corrected chi connectivity index (χ1v) is 4.37. The Morgan fingerprint density at radius 1 is 1.50 bits per heavy atom. The largest absolute Gasteiger partial charge is 0.397 e. The molecular formula is C9H15N3O2. The van der Waals surface area contributed by atoms with Crippen molar-refractivity contribution in [3.05, 3.63) is 24.0 Å². The van der Waals surface area contributed by atoms with E-state index in [4.69, 9.17) is 5.73 Å². The zero-order chi connectivity index (χ0) is 10.6. The van der Waals surface area contributed by atoms with Crippen LogP contribution >= 0.6 is 0 Å². The highest BCUT2D eigenvalue weighted by Gasteiger charge is 2.18. The lowest BCUT2D eigenvalue weighted by molar-refractivity contribution is 0.0177. The third kappa shape index (κ3) is 2.66. The minimum absolute atomic E-state index is 0.313. The number of hydrogen-bond acceptors (Lipinski definition) is 5. The summed E-state index contributed by atoms with van der Waals surface area (Å²) in [5, 5.41) is 21.8. The fraction of sp³-hybridized carbons (Fsp3) is 0.444. The molecule has 2 unspecified atom stereocenters. The third-order valence-corrected chi connectivity index (χ3v) is 1.89. The van der Waals surface area contributed by atoms with Crippen LogP contribution in [-0.4, -0.2) is 34.9 Å². The van der Waals surface area contributed by atoms with Gasteiger partial charge < -0.3 is 21.3 Å². The lowest BCUT2D eigenvalue weighted by atomic mass is 10.1. The molecule has 0 saturated heterocycles. The average Bonchev–Trinajstić information content (AvgIpc) is 2.18. The maximum atomic E-state index is 9.62. The SMILES string of the molecule is CNCC(O)C(O)c1ccc(N)cn1. The van der Waals surface area contributed by atoms with E-state index >= 15 is 0 Å². The van der Waals surface area contributed by atoms with Gasteiger partial charge in [-0.1, -0.05) is 0 Å². The van der Waals surface area contributed by atoms with Crippen LogP contribution in [0, 0.1) is 0 Å². The number of nitrogens with one attached hydrogen (secondary N) is 1. The third-order valence-electron chi connectivity index (χ3n) is 1.89. The first kappa shape index (κ1) is 10.9. The molecule has 0 bridgehead atoms. The Kier molecular flexibility index (Phi) is 3.82. The highest BCUT2D eigenvalue weighted by molar-refractivity contribution is 5.35. The van der Waals surface area contributed by atoms with E-state index in [0.717, 1.165) is 0 Å². The number of aliphatic hydroxyl groups is 2. The second kappa shape index (κ2) is 4.90. The van der Waals surface area contributed by atoms with E-state index < -0.39 is 12.2 Å². The van der Waals surface area contributed by atoms with Gasteiger partial charge in [0.1, 0.15) is 6.10 Å². The van der Waals surface area contributed by atoms with Gasteiger partial charge in [-0.15, -0.1) is 0 Å². The quantitative estimate of drug-likeness (QED) is 0.511. The number of hydrogen-bond donors (Lipinski definition) is 4. The van der Waals surface area contributed by atoms with Crippen molar-refractivity contribution in [1.29, 1.82) is 0 Å². The zero-order valence-corrected chi connectivity index (χ0v) is 8.01. The molecule has 2 atom stereocenters. The van der Waals surface area contributed by atoms with Crippen LogP contribution in [0.15, 0.2) is 18.3 Å². The van der Waals surface area contributed by atoms with Crippen molar-refractivity contribution in [3.63, 3.8) is 0 Å².